The van der Waals surface area contributed by atoms with E-state index in [-0.39, 0.29) is 0 Å². The molecule has 2 nitrogen and oxygen atoms in total. The molecule has 0 saturated carbocycles. The number of unbranched alkanes of at least 4 members (excludes halogenated alkanes) is 1. The second-order valence-electron chi connectivity index (χ2n) is 4.31. The normalized spacial score (nSPS) is 10.9. The lowest BCUT2D eigenvalue weighted by Gasteiger charge is -2.08. The van der Waals surface area contributed by atoms with Crippen molar-refractivity contribution < 1.29 is 0 Å². The Balaban J connectivity index is 1.98. The highest BCUT2D eigenvalue weighted by atomic mass is 14.8. The van der Waals surface area contributed by atoms with E-state index in [0.29, 0.717) is 0 Å². The molecule has 0 aliphatic rings. The lowest BCUT2D eigenvalue weighted by atomic mass is 10.0. The molecule has 0 atom stereocenters. The number of hydrogen-bond acceptors (Lipinski definition) is 2. The monoisotopic (exact) mass is 228 g/mol. The van der Waals surface area contributed by atoms with Crippen molar-refractivity contribution in [2.45, 2.75) is 19.4 Å². The van der Waals surface area contributed by atoms with Crippen LogP contribution in [0.4, 0.5) is 0 Å². The fraction of sp³-hybridized carbons (Fsp3) is 0.333. The van der Waals surface area contributed by atoms with Crippen molar-refractivity contribution in [1.29, 1.82) is 0 Å². The average molecular weight is 228 g/mol. The summed E-state index contributed by atoms with van der Waals surface area (Å²) in [5.41, 5.74) is 6.84. The molecule has 2 aromatic carbocycles. The maximum atomic E-state index is 5.47. The molecule has 90 valence electrons. The van der Waals surface area contributed by atoms with Crippen LogP contribution in [0.2, 0.25) is 0 Å². The number of nitrogens with one attached hydrogen (secondary N) is 1. The predicted molar refractivity (Wildman–Crippen MR) is 73.9 cm³/mol. The van der Waals surface area contributed by atoms with E-state index in [1.165, 1.54) is 16.3 Å². The van der Waals surface area contributed by atoms with Crippen molar-refractivity contribution in [3.05, 3.63) is 48.0 Å². The first-order valence-corrected chi connectivity index (χ1v) is 6.29. The van der Waals surface area contributed by atoms with Crippen LogP contribution < -0.4 is 11.1 Å². The van der Waals surface area contributed by atoms with Crippen molar-refractivity contribution in [1.82, 2.24) is 5.32 Å². The SMILES string of the molecule is NCCCCNCc1cccc2ccccc12. The van der Waals surface area contributed by atoms with Gasteiger partial charge in [0.2, 0.25) is 0 Å². The first kappa shape index (κ1) is 12.1. The van der Waals surface area contributed by atoms with Gasteiger partial charge in [-0.2, -0.15) is 0 Å². The number of hydrogen-bond donors (Lipinski definition) is 2. The Kier molecular flexibility index (Phi) is 4.54. The summed E-state index contributed by atoms with van der Waals surface area (Å²) in [4.78, 5) is 0. The molecule has 0 aliphatic carbocycles. The van der Waals surface area contributed by atoms with Crippen molar-refractivity contribution in [2.75, 3.05) is 13.1 Å². The van der Waals surface area contributed by atoms with Gasteiger partial charge in [-0.25, -0.2) is 0 Å². The van der Waals surface area contributed by atoms with E-state index in [1.807, 2.05) is 0 Å². The van der Waals surface area contributed by atoms with Gasteiger partial charge in [0, 0.05) is 6.54 Å². The van der Waals surface area contributed by atoms with Gasteiger partial charge in [-0.3, -0.25) is 0 Å². The van der Waals surface area contributed by atoms with Crippen LogP contribution in [0.15, 0.2) is 42.5 Å². The van der Waals surface area contributed by atoms with Crippen LogP contribution >= 0.6 is 0 Å². The molecular weight excluding hydrogens is 208 g/mol. The quantitative estimate of drug-likeness (QED) is 0.746. The average Bonchev–Trinajstić information content (AvgIpc) is 2.39. The van der Waals surface area contributed by atoms with E-state index < -0.39 is 0 Å². The first-order chi connectivity index (χ1) is 8.42. The van der Waals surface area contributed by atoms with Crippen molar-refractivity contribution >= 4 is 10.8 Å². The smallest absolute Gasteiger partial charge is 0.0211 e. The number of rotatable bonds is 6. The van der Waals surface area contributed by atoms with Gasteiger partial charge >= 0.3 is 0 Å². The van der Waals surface area contributed by atoms with Crippen LogP contribution in [0, 0.1) is 0 Å². The highest BCUT2D eigenvalue weighted by molar-refractivity contribution is 5.85. The standard InChI is InChI=1S/C15H20N2/c16-10-3-4-11-17-12-14-8-5-7-13-6-1-2-9-15(13)14/h1-2,5-9,17H,3-4,10-12,16H2. The predicted octanol–water partition coefficient (Wildman–Crippen LogP) is 2.67. The summed E-state index contributed by atoms with van der Waals surface area (Å²) in [6.07, 6.45) is 2.25. The highest BCUT2D eigenvalue weighted by Crippen LogP contribution is 2.18. The van der Waals surface area contributed by atoms with Gasteiger partial charge in [-0.15, -0.1) is 0 Å². The number of nitrogens with two attached hydrogens (primary N) is 1. The summed E-state index contributed by atoms with van der Waals surface area (Å²) in [5.74, 6) is 0. The maximum Gasteiger partial charge on any atom is 0.0211 e. The molecule has 0 aromatic heterocycles. The van der Waals surface area contributed by atoms with Crippen LogP contribution in [0.3, 0.4) is 0 Å². The fourth-order valence-corrected chi connectivity index (χ4v) is 2.06. The van der Waals surface area contributed by atoms with Crippen molar-refractivity contribution in [2.24, 2.45) is 5.73 Å². The molecule has 0 fully saturated rings. The molecule has 0 radical (unpaired) electrons. The summed E-state index contributed by atoms with van der Waals surface area (Å²) < 4.78 is 0. The molecular formula is C15H20N2. The molecule has 0 amide bonds. The maximum absolute atomic E-state index is 5.47. The molecule has 17 heavy (non-hydrogen) atoms. The third kappa shape index (κ3) is 3.29. The van der Waals surface area contributed by atoms with Gasteiger partial charge < -0.3 is 11.1 Å². The van der Waals surface area contributed by atoms with Crippen LogP contribution in [0.1, 0.15) is 18.4 Å². The molecule has 0 heterocycles. The van der Waals surface area contributed by atoms with Gasteiger partial charge in [0.15, 0.2) is 0 Å². The van der Waals surface area contributed by atoms with E-state index in [0.717, 1.165) is 32.5 Å². The summed E-state index contributed by atoms with van der Waals surface area (Å²) >= 11 is 0. The van der Waals surface area contributed by atoms with Crippen LogP contribution in [0.5, 0.6) is 0 Å². The molecule has 0 saturated heterocycles. The summed E-state index contributed by atoms with van der Waals surface area (Å²) in [5, 5.41) is 6.14. The Morgan fingerprint density at radius 2 is 1.76 bits per heavy atom. The second-order valence-corrected chi connectivity index (χ2v) is 4.31. The van der Waals surface area contributed by atoms with Gasteiger partial charge in [0.25, 0.3) is 0 Å². The Bertz CT molecular complexity index is 460. The van der Waals surface area contributed by atoms with E-state index in [2.05, 4.69) is 47.8 Å². The lowest BCUT2D eigenvalue weighted by molar-refractivity contribution is 0.629. The van der Waals surface area contributed by atoms with Gasteiger partial charge in [-0.05, 0) is 42.3 Å². The molecule has 0 aliphatic heterocycles. The van der Waals surface area contributed by atoms with Crippen LogP contribution in [-0.4, -0.2) is 13.1 Å². The van der Waals surface area contributed by atoms with Gasteiger partial charge in [0.05, 0.1) is 0 Å². The molecule has 2 heteroatoms. The second kappa shape index (κ2) is 6.38. The minimum atomic E-state index is 0.788. The van der Waals surface area contributed by atoms with Gasteiger partial charge in [-0.1, -0.05) is 42.5 Å². The Morgan fingerprint density at radius 3 is 2.65 bits per heavy atom. The third-order valence-electron chi connectivity index (χ3n) is 3.00. The zero-order chi connectivity index (χ0) is 11.9. The van der Waals surface area contributed by atoms with Crippen LogP contribution in [-0.2, 0) is 6.54 Å². The van der Waals surface area contributed by atoms with E-state index in [4.69, 9.17) is 5.73 Å². The minimum absolute atomic E-state index is 0.788. The lowest BCUT2D eigenvalue weighted by Crippen LogP contribution is -2.16. The molecule has 3 N–H and O–H groups in total. The van der Waals surface area contributed by atoms with Crippen LogP contribution in [0.25, 0.3) is 10.8 Å². The Labute approximate surface area is 103 Å². The largest absolute Gasteiger partial charge is 0.330 e. The zero-order valence-corrected chi connectivity index (χ0v) is 10.2. The molecule has 0 spiro atoms. The summed E-state index contributed by atoms with van der Waals surface area (Å²) in [6, 6.07) is 15.0. The molecule has 2 aromatic rings. The molecule has 2 rings (SSSR count). The minimum Gasteiger partial charge on any atom is -0.330 e. The first-order valence-electron chi connectivity index (χ1n) is 6.29. The third-order valence-corrected chi connectivity index (χ3v) is 3.00. The van der Waals surface area contributed by atoms with Gasteiger partial charge in [0.1, 0.15) is 0 Å². The summed E-state index contributed by atoms with van der Waals surface area (Å²) in [7, 11) is 0. The van der Waals surface area contributed by atoms with Crippen molar-refractivity contribution in [3.8, 4) is 0 Å². The Hall–Kier alpha value is -1.38. The summed E-state index contributed by atoms with van der Waals surface area (Å²) in [6.45, 7) is 2.77. The molecule has 0 bridgehead atoms. The number of fused-ring (bicyclic) bond motifs is 1. The van der Waals surface area contributed by atoms with E-state index in [1.54, 1.807) is 0 Å². The molecule has 0 unspecified atom stereocenters. The van der Waals surface area contributed by atoms with E-state index >= 15 is 0 Å². The van der Waals surface area contributed by atoms with E-state index in [9.17, 15) is 0 Å². The fourth-order valence-electron chi connectivity index (χ4n) is 2.06. The zero-order valence-electron chi connectivity index (χ0n) is 10.2. The van der Waals surface area contributed by atoms with Crippen molar-refractivity contribution in [3.63, 3.8) is 0 Å². The Morgan fingerprint density at radius 1 is 0.941 bits per heavy atom. The number of benzene rings is 2. The highest BCUT2D eigenvalue weighted by Gasteiger charge is 1.98. The topological polar surface area (TPSA) is 38.0 Å².